The first-order valence-corrected chi connectivity index (χ1v) is 6.13. The minimum atomic E-state index is -0.830. The van der Waals surface area contributed by atoms with Crippen molar-refractivity contribution in [1.29, 1.82) is 0 Å². The number of hydrogen-bond donors (Lipinski definition) is 1. The number of carboxylic acid groups (broad SMARTS) is 1. The highest BCUT2D eigenvalue weighted by molar-refractivity contribution is 5.89. The summed E-state index contributed by atoms with van der Waals surface area (Å²) >= 11 is 0. The van der Waals surface area contributed by atoms with Crippen LogP contribution in [0.4, 0.5) is 0 Å². The van der Waals surface area contributed by atoms with Crippen molar-refractivity contribution in [2.24, 2.45) is 11.3 Å². The molecule has 0 fully saturated rings. The summed E-state index contributed by atoms with van der Waals surface area (Å²) in [6, 6.07) is 7.28. The molecule has 0 bridgehead atoms. The molecule has 0 radical (unpaired) electrons. The van der Waals surface area contributed by atoms with Crippen LogP contribution in [0.15, 0.2) is 24.3 Å². The number of aromatic carboxylic acids is 1. The van der Waals surface area contributed by atoms with E-state index < -0.39 is 5.97 Å². The van der Waals surface area contributed by atoms with E-state index in [9.17, 15) is 4.79 Å². The zero-order chi connectivity index (χ0) is 13.1. The largest absolute Gasteiger partial charge is 0.478 e. The van der Waals surface area contributed by atoms with Crippen LogP contribution in [0.25, 0.3) is 0 Å². The lowest BCUT2D eigenvalue weighted by Gasteiger charge is -2.27. The van der Waals surface area contributed by atoms with E-state index in [4.69, 9.17) is 5.11 Å². The Bertz CT molecular complexity index is 388. The number of carbonyl (C=O) groups is 1. The van der Waals surface area contributed by atoms with Crippen LogP contribution in [0.2, 0.25) is 0 Å². The maximum atomic E-state index is 11.1. The average molecular weight is 234 g/mol. The van der Waals surface area contributed by atoms with E-state index >= 15 is 0 Å². The first-order valence-electron chi connectivity index (χ1n) is 6.13. The number of benzene rings is 1. The third kappa shape index (κ3) is 3.88. The molecule has 0 spiro atoms. The van der Waals surface area contributed by atoms with E-state index in [0.29, 0.717) is 11.5 Å². The normalized spacial score (nSPS) is 13.4. The number of hydrogen-bond acceptors (Lipinski definition) is 1. The van der Waals surface area contributed by atoms with Gasteiger partial charge in [0.15, 0.2) is 0 Å². The third-order valence-electron chi connectivity index (χ3n) is 3.57. The van der Waals surface area contributed by atoms with Gasteiger partial charge in [0.25, 0.3) is 0 Å². The molecule has 1 unspecified atom stereocenters. The molecule has 0 aromatic heterocycles. The Labute approximate surface area is 104 Å². The summed E-state index contributed by atoms with van der Waals surface area (Å²) in [5, 5.41) is 9.09. The summed E-state index contributed by atoms with van der Waals surface area (Å²) in [4.78, 5) is 11.1. The van der Waals surface area contributed by atoms with Gasteiger partial charge in [-0.25, -0.2) is 4.79 Å². The van der Waals surface area contributed by atoms with E-state index in [1.807, 2.05) is 12.1 Å². The maximum Gasteiger partial charge on any atom is 0.335 e. The van der Waals surface area contributed by atoms with Crippen molar-refractivity contribution in [2.45, 2.75) is 40.5 Å². The van der Waals surface area contributed by atoms with Crippen molar-refractivity contribution < 1.29 is 9.90 Å². The molecule has 1 N–H and O–H groups in total. The summed E-state index contributed by atoms with van der Waals surface area (Å²) in [6.07, 6.45) is 1.86. The molecule has 0 heterocycles. The number of aryl methyl sites for hydroxylation is 1. The van der Waals surface area contributed by atoms with Crippen LogP contribution in [0.5, 0.6) is 0 Å². The van der Waals surface area contributed by atoms with Crippen molar-refractivity contribution in [3.63, 3.8) is 0 Å². The summed E-state index contributed by atoms with van der Waals surface area (Å²) in [5.74, 6) is -0.256. The molecule has 94 valence electrons. The van der Waals surface area contributed by atoms with Gasteiger partial charge in [0.1, 0.15) is 0 Å². The standard InChI is InChI=1S/C15H22O2/c1-11(15(2,3)4)9-10-12-7-5-6-8-13(12)14(16)17/h5-8,11H,9-10H2,1-4H3,(H,16,17). The van der Waals surface area contributed by atoms with Gasteiger partial charge >= 0.3 is 5.97 Å². The molecule has 0 amide bonds. The van der Waals surface area contributed by atoms with Crippen LogP contribution >= 0.6 is 0 Å². The summed E-state index contributed by atoms with van der Waals surface area (Å²) < 4.78 is 0. The Morgan fingerprint density at radius 3 is 2.41 bits per heavy atom. The molecule has 2 heteroatoms. The molecular weight excluding hydrogens is 212 g/mol. The average Bonchev–Trinajstić information content (AvgIpc) is 2.24. The number of rotatable bonds is 4. The minimum Gasteiger partial charge on any atom is -0.478 e. The fourth-order valence-corrected chi connectivity index (χ4v) is 1.75. The lowest BCUT2D eigenvalue weighted by atomic mass is 9.78. The van der Waals surface area contributed by atoms with Crippen LogP contribution < -0.4 is 0 Å². The third-order valence-corrected chi connectivity index (χ3v) is 3.57. The molecule has 2 nitrogen and oxygen atoms in total. The van der Waals surface area contributed by atoms with Crippen LogP contribution in [-0.4, -0.2) is 11.1 Å². The Hall–Kier alpha value is -1.31. The molecule has 1 aromatic carbocycles. The zero-order valence-electron chi connectivity index (χ0n) is 11.2. The predicted molar refractivity (Wildman–Crippen MR) is 70.3 cm³/mol. The van der Waals surface area contributed by atoms with Crippen molar-refractivity contribution in [3.05, 3.63) is 35.4 Å². The van der Waals surface area contributed by atoms with Gasteiger partial charge in [-0.2, -0.15) is 0 Å². The van der Waals surface area contributed by atoms with Crippen LogP contribution in [0.1, 0.15) is 50.0 Å². The summed E-state index contributed by atoms with van der Waals surface area (Å²) in [5.41, 5.74) is 1.66. The Morgan fingerprint density at radius 2 is 1.88 bits per heavy atom. The highest BCUT2D eigenvalue weighted by atomic mass is 16.4. The molecule has 0 saturated carbocycles. The van der Waals surface area contributed by atoms with E-state index in [2.05, 4.69) is 27.7 Å². The van der Waals surface area contributed by atoms with Gasteiger partial charge in [-0.1, -0.05) is 45.9 Å². The highest BCUT2D eigenvalue weighted by Crippen LogP contribution is 2.29. The second-order valence-corrected chi connectivity index (χ2v) is 5.77. The molecule has 1 aromatic rings. The van der Waals surface area contributed by atoms with Gasteiger partial charge in [-0.3, -0.25) is 0 Å². The van der Waals surface area contributed by atoms with Crippen molar-refractivity contribution in [2.75, 3.05) is 0 Å². The van der Waals surface area contributed by atoms with Crippen LogP contribution in [-0.2, 0) is 6.42 Å². The molecule has 1 atom stereocenters. The van der Waals surface area contributed by atoms with E-state index in [1.54, 1.807) is 12.1 Å². The van der Waals surface area contributed by atoms with Gasteiger partial charge in [-0.05, 0) is 35.8 Å². The molecule has 0 saturated heterocycles. The van der Waals surface area contributed by atoms with E-state index in [1.165, 1.54) is 0 Å². The second-order valence-electron chi connectivity index (χ2n) is 5.77. The van der Waals surface area contributed by atoms with Crippen molar-refractivity contribution >= 4 is 5.97 Å². The van der Waals surface area contributed by atoms with Gasteiger partial charge in [0, 0.05) is 0 Å². The second kappa shape index (κ2) is 5.35. The molecule has 17 heavy (non-hydrogen) atoms. The molecular formula is C15H22O2. The topological polar surface area (TPSA) is 37.3 Å². The van der Waals surface area contributed by atoms with Gasteiger partial charge in [-0.15, -0.1) is 0 Å². The monoisotopic (exact) mass is 234 g/mol. The fourth-order valence-electron chi connectivity index (χ4n) is 1.75. The lowest BCUT2D eigenvalue weighted by Crippen LogP contribution is -2.18. The summed E-state index contributed by atoms with van der Waals surface area (Å²) in [7, 11) is 0. The van der Waals surface area contributed by atoms with Crippen molar-refractivity contribution in [1.82, 2.24) is 0 Å². The van der Waals surface area contributed by atoms with E-state index in [0.717, 1.165) is 18.4 Å². The quantitative estimate of drug-likeness (QED) is 0.855. The van der Waals surface area contributed by atoms with E-state index in [-0.39, 0.29) is 5.41 Å². The smallest absolute Gasteiger partial charge is 0.335 e. The predicted octanol–water partition coefficient (Wildman–Crippen LogP) is 4.00. The Morgan fingerprint density at radius 1 is 1.29 bits per heavy atom. The van der Waals surface area contributed by atoms with Gasteiger partial charge in [0.05, 0.1) is 5.56 Å². The van der Waals surface area contributed by atoms with Crippen molar-refractivity contribution in [3.8, 4) is 0 Å². The zero-order valence-corrected chi connectivity index (χ0v) is 11.2. The highest BCUT2D eigenvalue weighted by Gasteiger charge is 2.20. The van der Waals surface area contributed by atoms with Crippen LogP contribution in [0.3, 0.4) is 0 Å². The fraction of sp³-hybridized carbons (Fsp3) is 0.533. The van der Waals surface area contributed by atoms with Crippen LogP contribution in [0, 0.1) is 11.3 Å². The lowest BCUT2D eigenvalue weighted by molar-refractivity contribution is 0.0695. The Kier molecular flexibility index (Phi) is 4.33. The van der Waals surface area contributed by atoms with Gasteiger partial charge in [0.2, 0.25) is 0 Å². The SMILES string of the molecule is CC(CCc1ccccc1C(=O)O)C(C)(C)C. The molecule has 0 aliphatic rings. The summed E-state index contributed by atoms with van der Waals surface area (Å²) in [6.45, 7) is 8.89. The first kappa shape index (κ1) is 13.8. The first-order chi connectivity index (χ1) is 7.82. The molecule has 0 aliphatic heterocycles. The van der Waals surface area contributed by atoms with Gasteiger partial charge < -0.3 is 5.11 Å². The molecule has 0 aliphatic carbocycles. The Balaban J connectivity index is 2.73. The minimum absolute atomic E-state index is 0.276. The number of carboxylic acids is 1. The maximum absolute atomic E-state index is 11.1. The molecule has 1 rings (SSSR count).